The number of nitrogens with zero attached hydrogens (tertiary/aromatic N) is 1. The number of benzene rings is 1. The highest BCUT2D eigenvalue weighted by atomic mass is 32.2. The van der Waals surface area contributed by atoms with Gasteiger partial charge in [0.2, 0.25) is 10.0 Å². The smallest absolute Gasteiger partial charge is 0.243 e. The third-order valence-corrected chi connectivity index (χ3v) is 5.68. The average molecular weight is 315 g/mol. The van der Waals surface area contributed by atoms with Crippen molar-refractivity contribution in [2.75, 3.05) is 13.1 Å². The fourth-order valence-corrected chi connectivity index (χ4v) is 4.31. The first-order valence-electron chi connectivity index (χ1n) is 7.22. The van der Waals surface area contributed by atoms with Gasteiger partial charge in [0.25, 0.3) is 0 Å². The maximum absolute atomic E-state index is 13.1. The van der Waals surface area contributed by atoms with Gasteiger partial charge in [0.05, 0.1) is 17.1 Å². The lowest BCUT2D eigenvalue weighted by Crippen LogP contribution is -2.41. The van der Waals surface area contributed by atoms with Crippen LogP contribution in [0, 0.1) is 12.7 Å². The summed E-state index contributed by atoms with van der Waals surface area (Å²) in [5, 5.41) is 0. The van der Waals surface area contributed by atoms with Crippen LogP contribution >= 0.6 is 0 Å². The molecular weight excluding hydrogens is 293 g/mol. The standard InChI is InChI=1S/C15H22FNO3S/c1-11(2)20-14-6-8-17(9-7-14)21(18,19)15-5-4-13(16)10-12(15)3/h4-5,10-11,14H,6-9H2,1-3H3. The molecule has 0 aromatic heterocycles. The molecule has 1 fully saturated rings. The van der Waals surface area contributed by atoms with Crippen molar-refractivity contribution in [3.63, 3.8) is 0 Å². The van der Waals surface area contributed by atoms with Crippen LogP contribution in [0.1, 0.15) is 32.3 Å². The molecule has 0 atom stereocenters. The zero-order valence-electron chi connectivity index (χ0n) is 12.7. The van der Waals surface area contributed by atoms with Crippen LogP contribution in [-0.2, 0) is 14.8 Å². The Morgan fingerprint density at radius 2 is 1.90 bits per heavy atom. The largest absolute Gasteiger partial charge is 0.375 e. The lowest BCUT2D eigenvalue weighted by atomic mass is 10.1. The predicted molar refractivity (Wildman–Crippen MR) is 79.1 cm³/mol. The van der Waals surface area contributed by atoms with Crippen molar-refractivity contribution in [3.05, 3.63) is 29.6 Å². The van der Waals surface area contributed by atoms with Gasteiger partial charge in [-0.2, -0.15) is 4.31 Å². The van der Waals surface area contributed by atoms with Crippen molar-refractivity contribution in [1.29, 1.82) is 0 Å². The molecule has 2 rings (SSSR count). The molecule has 1 aromatic rings. The number of piperidine rings is 1. The van der Waals surface area contributed by atoms with Gasteiger partial charge in [0, 0.05) is 13.1 Å². The van der Waals surface area contributed by atoms with E-state index in [1.165, 1.54) is 22.5 Å². The number of aryl methyl sites for hydroxylation is 1. The van der Waals surface area contributed by atoms with Gasteiger partial charge in [0.15, 0.2) is 0 Å². The molecule has 0 N–H and O–H groups in total. The van der Waals surface area contributed by atoms with Crippen LogP contribution in [0.4, 0.5) is 4.39 Å². The number of hydrogen-bond acceptors (Lipinski definition) is 3. The topological polar surface area (TPSA) is 46.6 Å². The molecule has 0 bridgehead atoms. The van der Waals surface area contributed by atoms with Crippen molar-refractivity contribution < 1.29 is 17.5 Å². The van der Waals surface area contributed by atoms with E-state index in [1.54, 1.807) is 6.92 Å². The molecule has 21 heavy (non-hydrogen) atoms. The van der Waals surface area contributed by atoms with Crippen molar-refractivity contribution in [3.8, 4) is 0 Å². The normalized spacial score (nSPS) is 18.3. The minimum absolute atomic E-state index is 0.116. The highest BCUT2D eigenvalue weighted by molar-refractivity contribution is 7.89. The zero-order valence-corrected chi connectivity index (χ0v) is 13.5. The molecule has 1 saturated heterocycles. The molecule has 0 spiro atoms. The summed E-state index contributed by atoms with van der Waals surface area (Å²) in [6.45, 7) is 6.45. The summed E-state index contributed by atoms with van der Waals surface area (Å²) in [6.07, 6.45) is 1.65. The molecular formula is C15H22FNO3S. The van der Waals surface area contributed by atoms with E-state index in [2.05, 4.69) is 0 Å². The molecule has 4 nitrogen and oxygen atoms in total. The summed E-state index contributed by atoms with van der Waals surface area (Å²) in [5.74, 6) is -0.421. The molecule has 1 aliphatic rings. The van der Waals surface area contributed by atoms with Crippen molar-refractivity contribution in [2.24, 2.45) is 0 Å². The summed E-state index contributed by atoms with van der Waals surface area (Å²) in [6, 6.07) is 3.78. The summed E-state index contributed by atoms with van der Waals surface area (Å²) < 4.78 is 45.5. The molecule has 118 valence electrons. The van der Waals surface area contributed by atoms with Gasteiger partial charge in [-0.15, -0.1) is 0 Å². The third-order valence-electron chi connectivity index (χ3n) is 3.62. The Labute approximate surface area is 126 Å². The zero-order chi connectivity index (χ0) is 15.6. The Balaban J connectivity index is 2.11. The minimum Gasteiger partial charge on any atom is -0.375 e. The van der Waals surface area contributed by atoms with Gasteiger partial charge in [-0.3, -0.25) is 0 Å². The van der Waals surface area contributed by atoms with Gasteiger partial charge in [-0.05, 0) is 57.4 Å². The SMILES string of the molecule is Cc1cc(F)ccc1S(=O)(=O)N1CCC(OC(C)C)CC1. The van der Waals surface area contributed by atoms with Gasteiger partial charge < -0.3 is 4.74 Å². The van der Waals surface area contributed by atoms with Crippen LogP contribution in [-0.4, -0.2) is 38.0 Å². The van der Waals surface area contributed by atoms with Gasteiger partial charge in [0.1, 0.15) is 5.82 Å². The molecule has 0 saturated carbocycles. The van der Waals surface area contributed by atoms with E-state index in [1.807, 2.05) is 13.8 Å². The van der Waals surface area contributed by atoms with Gasteiger partial charge in [-0.1, -0.05) is 0 Å². The van der Waals surface area contributed by atoms with E-state index < -0.39 is 15.8 Å². The average Bonchev–Trinajstić information content (AvgIpc) is 2.38. The van der Waals surface area contributed by atoms with E-state index in [-0.39, 0.29) is 17.1 Å². The number of rotatable bonds is 4. The summed E-state index contributed by atoms with van der Waals surface area (Å²) >= 11 is 0. The second kappa shape index (κ2) is 6.42. The highest BCUT2D eigenvalue weighted by Crippen LogP contribution is 2.25. The van der Waals surface area contributed by atoms with E-state index in [0.29, 0.717) is 31.5 Å². The number of ether oxygens (including phenoxy) is 1. The number of hydrogen-bond donors (Lipinski definition) is 0. The Kier molecular flexibility index (Phi) is 5.01. The van der Waals surface area contributed by atoms with Crippen molar-refractivity contribution in [1.82, 2.24) is 4.31 Å². The van der Waals surface area contributed by atoms with Crippen LogP contribution in [0.5, 0.6) is 0 Å². The third kappa shape index (κ3) is 3.81. The summed E-state index contributed by atoms with van der Waals surface area (Å²) in [4.78, 5) is 0.187. The number of halogens is 1. The second-order valence-corrected chi connectivity index (χ2v) is 7.60. The molecule has 0 unspecified atom stereocenters. The number of sulfonamides is 1. The van der Waals surface area contributed by atoms with Gasteiger partial charge in [-0.25, -0.2) is 12.8 Å². The van der Waals surface area contributed by atoms with Crippen molar-refractivity contribution in [2.45, 2.75) is 50.7 Å². The van der Waals surface area contributed by atoms with Crippen LogP contribution < -0.4 is 0 Å². The quantitative estimate of drug-likeness (QED) is 0.858. The van der Waals surface area contributed by atoms with Gasteiger partial charge >= 0.3 is 0 Å². The van der Waals surface area contributed by atoms with Crippen LogP contribution in [0.25, 0.3) is 0 Å². The maximum atomic E-state index is 13.1. The highest BCUT2D eigenvalue weighted by Gasteiger charge is 2.30. The van der Waals surface area contributed by atoms with Crippen LogP contribution in [0.15, 0.2) is 23.1 Å². The Morgan fingerprint density at radius 3 is 2.43 bits per heavy atom. The maximum Gasteiger partial charge on any atom is 0.243 e. The molecule has 0 amide bonds. The first-order valence-corrected chi connectivity index (χ1v) is 8.66. The first-order chi connectivity index (χ1) is 9.80. The minimum atomic E-state index is -3.55. The second-order valence-electron chi connectivity index (χ2n) is 5.70. The Bertz CT molecular complexity index is 593. The molecule has 1 aromatic carbocycles. The van der Waals surface area contributed by atoms with Crippen LogP contribution in [0.3, 0.4) is 0 Å². The summed E-state index contributed by atoms with van der Waals surface area (Å²) in [5.41, 5.74) is 0.440. The molecule has 1 heterocycles. The predicted octanol–water partition coefficient (Wildman–Crippen LogP) is 2.71. The summed E-state index contributed by atoms with van der Waals surface area (Å²) in [7, 11) is -3.55. The lowest BCUT2D eigenvalue weighted by Gasteiger charge is -2.32. The first kappa shape index (κ1) is 16.4. The monoisotopic (exact) mass is 315 g/mol. The molecule has 0 radical (unpaired) electrons. The lowest BCUT2D eigenvalue weighted by molar-refractivity contribution is -0.0168. The van der Waals surface area contributed by atoms with E-state index >= 15 is 0 Å². The van der Waals surface area contributed by atoms with E-state index in [9.17, 15) is 12.8 Å². The van der Waals surface area contributed by atoms with Crippen molar-refractivity contribution >= 4 is 10.0 Å². The van der Waals surface area contributed by atoms with Crippen LogP contribution in [0.2, 0.25) is 0 Å². The Hall–Kier alpha value is -0.980. The fraction of sp³-hybridized carbons (Fsp3) is 0.600. The fourth-order valence-electron chi connectivity index (χ4n) is 2.63. The Morgan fingerprint density at radius 1 is 1.29 bits per heavy atom. The molecule has 6 heteroatoms. The van der Waals surface area contributed by atoms with E-state index in [0.717, 1.165) is 0 Å². The molecule has 1 aliphatic heterocycles. The molecule has 0 aliphatic carbocycles. The van der Waals surface area contributed by atoms with E-state index in [4.69, 9.17) is 4.74 Å².